The van der Waals surface area contributed by atoms with Crippen LogP contribution in [0.4, 0.5) is 0 Å². The Morgan fingerprint density at radius 2 is 2.05 bits per heavy atom. The average Bonchev–Trinajstić information content (AvgIpc) is 3.11. The number of aromatic nitrogens is 2. The molecule has 2 aliphatic rings. The van der Waals surface area contributed by atoms with Crippen LogP contribution in [0.15, 0.2) is 34.9 Å². The molecule has 0 bridgehead atoms. The first-order valence-corrected chi connectivity index (χ1v) is 7.33. The molecule has 2 aromatic rings. The van der Waals surface area contributed by atoms with Gasteiger partial charge in [-0.15, -0.1) is 0 Å². The minimum atomic E-state index is -0.777. The SMILES string of the molecule is O=C(O)C1CC1c1nc(C2(c3ccccc3)CCC2)no1. The Balaban J connectivity index is 1.64. The first-order valence-electron chi connectivity index (χ1n) is 7.33. The van der Waals surface area contributed by atoms with Gasteiger partial charge in [0, 0.05) is 0 Å². The van der Waals surface area contributed by atoms with Crippen LogP contribution >= 0.6 is 0 Å². The summed E-state index contributed by atoms with van der Waals surface area (Å²) in [7, 11) is 0. The van der Waals surface area contributed by atoms with Gasteiger partial charge < -0.3 is 9.63 Å². The van der Waals surface area contributed by atoms with E-state index in [-0.39, 0.29) is 17.3 Å². The van der Waals surface area contributed by atoms with Crippen molar-refractivity contribution in [3.05, 3.63) is 47.6 Å². The van der Waals surface area contributed by atoms with E-state index in [1.165, 1.54) is 5.56 Å². The van der Waals surface area contributed by atoms with Gasteiger partial charge in [-0.25, -0.2) is 0 Å². The fourth-order valence-corrected chi connectivity index (χ4v) is 3.25. The molecule has 5 heteroatoms. The number of carboxylic acids is 1. The summed E-state index contributed by atoms with van der Waals surface area (Å²) in [5.41, 5.74) is 1.07. The predicted octanol–water partition coefficient (Wildman–Crippen LogP) is 2.73. The fourth-order valence-electron chi connectivity index (χ4n) is 3.25. The van der Waals surface area contributed by atoms with E-state index in [2.05, 4.69) is 22.3 Å². The van der Waals surface area contributed by atoms with Gasteiger partial charge in [0.1, 0.15) is 0 Å². The monoisotopic (exact) mass is 284 g/mol. The summed E-state index contributed by atoms with van der Waals surface area (Å²) >= 11 is 0. The summed E-state index contributed by atoms with van der Waals surface area (Å²) in [6.07, 6.45) is 3.79. The van der Waals surface area contributed by atoms with E-state index < -0.39 is 5.97 Å². The molecule has 2 fully saturated rings. The maximum Gasteiger partial charge on any atom is 0.307 e. The van der Waals surface area contributed by atoms with Crippen molar-refractivity contribution in [3.8, 4) is 0 Å². The zero-order valence-corrected chi connectivity index (χ0v) is 11.5. The second kappa shape index (κ2) is 4.41. The van der Waals surface area contributed by atoms with Gasteiger partial charge in [-0.1, -0.05) is 41.9 Å². The van der Waals surface area contributed by atoms with Crippen LogP contribution in [0.1, 0.15) is 48.9 Å². The van der Waals surface area contributed by atoms with Gasteiger partial charge in [0.25, 0.3) is 0 Å². The molecule has 108 valence electrons. The molecule has 1 heterocycles. The maximum atomic E-state index is 10.9. The minimum Gasteiger partial charge on any atom is -0.481 e. The molecule has 0 radical (unpaired) electrons. The molecule has 1 N–H and O–H groups in total. The molecule has 0 aliphatic heterocycles. The summed E-state index contributed by atoms with van der Waals surface area (Å²) in [4.78, 5) is 15.5. The van der Waals surface area contributed by atoms with Gasteiger partial charge in [-0.2, -0.15) is 4.98 Å². The molecule has 4 rings (SSSR count). The number of carboxylic acid groups (broad SMARTS) is 1. The summed E-state index contributed by atoms with van der Waals surface area (Å²) in [6.45, 7) is 0. The van der Waals surface area contributed by atoms with Crippen LogP contribution < -0.4 is 0 Å². The zero-order valence-electron chi connectivity index (χ0n) is 11.5. The number of nitrogens with zero attached hydrogens (tertiary/aromatic N) is 2. The lowest BCUT2D eigenvalue weighted by molar-refractivity contribution is -0.138. The van der Waals surface area contributed by atoms with E-state index in [0.29, 0.717) is 18.1 Å². The fraction of sp³-hybridized carbons (Fsp3) is 0.438. The van der Waals surface area contributed by atoms with Crippen LogP contribution in [0.2, 0.25) is 0 Å². The highest BCUT2D eigenvalue weighted by Crippen LogP contribution is 2.50. The number of rotatable bonds is 4. The Labute approximate surface area is 122 Å². The number of carbonyl (C=O) groups is 1. The third kappa shape index (κ3) is 1.87. The summed E-state index contributed by atoms with van der Waals surface area (Å²) in [5, 5.41) is 13.2. The Morgan fingerprint density at radius 1 is 1.29 bits per heavy atom. The highest BCUT2D eigenvalue weighted by atomic mass is 16.5. The molecule has 0 amide bonds. The molecule has 2 aliphatic carbocycles. The van der Waals surface area contributed by atoms with Crippen molar-refractivity contribution < 1.29 is 14.4 Å². The lowest BCUT2D eigenvalue weighted by atomic mass is 9.64. The summed E-state index contributed by atoms with van der Waals surface area (Å²) in [5.74, 6) is -0.0317. The van der Waals surface area contributed by atoms with Crippen LogP contribution in [0.5, 0.6) is 0 Å². The van der Waals surface area contributed by atoms with E-state index in [0.717, 1.165) is 19.3 Å². The van der Waals surface area contributed by atoms with E-state index >= 15 is 0 Å². The predicted molar refractivity (Wildman–Crippen MR) is 73.9 cm³/mol. The third-order valence-electron chi connectivity index (χ3n) is 4.83. The van der Waals surface area contributed by atoms with Crippen LogP contribution in [0, 0.1) is 5.92 Å². The molecule has 0 spiro atoms. The van der Waals surface area contributed by atoms with E-state index in [4.69, 9.17) is 9.63 Å². The van der Waals surface area contributed by atoms with Crippen molar-refractivity contribution in [2.45, 2.75) is 37.0 Å². The maximum absolute atomic E-state index is 10.9. The quantitative estimate of drug-likeness (QED) is 0.934. The molecular weight excluding hydrogens is 268 g/mol. The first kappa shape index (κ1) is 12.6. The molecule has 1 aromatic heterocycles. The third-order valence-corrected chi connectivity index (χ3v) is 4.83. The van der Waals surface area contributed by atoms with Gasteiger partial charge in [0.15, 0.2) is 5.82 Å². The van der Waals surface area contributed by atoms with Gasteiger partial charge in [0.05, 0.1) is 17.3 Å². The second-order valence-electron chi connectivity index (χ2n) is 6.04. The standard InChI is InChI=1S/C16H16N2O3/c19-14(20)12-9-11(12)13-17-15(18-21-13)16(7-4-8-16)10-5-2-1-3-6-10/h1-3,5-6,11-12H,4,7-9H2,(H,19,20). The number of hydrogen-bond donors (Lipinski definition) is 1. The van der Waals surface area contributed by atoms with Crippen LogP contribution in [-0.2, 0) is 10.2 Å². The van der Waals surface area contributed by atoms with Crippen molar-refractivity contribution in [1.82, 2.24) is 10.1 Å². The second-order valence-corrected chi connectivity index (χ2v) is 6.04. The zero-order chi connectivity index (χ0) is 14.4. The largest absolute Gasteiger partial charge is 0.481 e. The first-order chi connectivity index (χ1) is 10.2. The Bertz CT molecular complexity index is 676. The van der Waals surface area contributed by atoms with Crippen molar-refractivity contribution in [1.29, 1.82) is 0 Å². The van der Waals surface area contributed by atoms with Gasteiger partial charge in [-0.05, 0) is 24.8 Å². The Hall–Kier alpha value is -2.17. The van der Waals surface area contributed by atoms with Gasteiger partial charge in [0.2, 0.25) is 5.89 Å². The van der Waals surface area contributed by atoms with Crippen LogP contribution in [0.3, 0.4) is 0 Å². The number of benzene rings is 1. The molecule has 2 unspecified atom stereocenters. The molecule has 2 saturated carbocycles. The van der Waals surface area contributed by atoms with Gasteiger partial charge >= 0.3 is 5.97 Å². The highest BCUT2D eigenvalue weighted by Gasteiger charge is 2.50. The van der Waals surface area contributed by atoms with Crippen LogP contribution in [0.25, 0.3) is 0 Å². The van der Waals surface area contributed by atoms with Crippen molar-refractivity contribution in [2.75, 3.05) is 0 Å². The van der Waals surface area contributed by atoms with E-state index in [9.17, 15) is 4.79 Å². The topological polar surface area (TPSA) is 76.2 Å². The molecule has 0 saturated heterocycles. The van der Waals surface area contributed by atoms with Crippen LogP contribution in [-0.4, -0.2) is 21.2 Å². The van der Waals surface area contributed by atoms with E-state index in [1.807, 2.05) is 18.2 Å². The minimum absolute atomic E-state index is 0.100. The lowest BCUT2D eigenvalue weighted by Crippen LogP contribution is -2.36. The Morgan fingerprint density at radius 3 is 2.62 bits per heavy atom. The number of hydrogen-bond acceptors (Lipinski definition) is 4. The molecule has 21 heavy (non-hydrogen) atoms. The smallest absolute Gasteiger partial charge is 0.307 e. The summed E-state index contributed by atoms with van der Waals surface area (Å²) in [6, 6.07) is 10.3. The normalized spacial score (nSPS) is 26.1. The molecule has 2 atom stereocenters. The number of aliphatic carboxylic acids is 1. The lowest BCUT2D eigenvalue weighted by Gasteiger charge is -2.39. The average molecular weight is 284 g/mol. The summed E-state index contributed by atoms with van der Waals surface area (Å²) < 4.78 is 5.35. The van der Waals surface area contributed by atoms with Crippen molar-refractivity contribution >= 4 is 5.97 Å². The molecule has 5 nitrogen and oxygen atoms in total. The van der Waals surface area contributed by atoms with Gasteiger partial charge in [-0.3, -0.25) is 4.79 Å². The molecular formula is C16H16N2O3. The Kier molecular flexibility index (Phi) is 2.64. The highest BCUT2D eigenvalue weighted by molar-refractivity contribution is 5.74. The molecule has 1 aromatic carbocycles. The van der Waals surface area contributed by atoms with Crippen molar-refractivity contribution in [2.24, 2.45) is 5.92 Å². The van der Waals surface area contributed by atoms with Crippen molar-refractivity contribution in [3.63, 3.8) is 0 Å². The van der Waals surface area contributed by atoms with E-state index in [1.54, 1.807) is 0 Å².